The van der Waals surface area contributed by atoms with Crippen LogP contribution in [0.5, 0.6) is 0 Å². The van der Waals surface area contributed by atoms with Gasteiger partial charge >= 0.3 is 0 Å². The molecule has 0 heterocycles. The highest BCUT2D eigenvalue weighted by Crippen LogP contribution is 2.54. The third kappa shape index (κ3) is 3.22. The van der Waals surface area contributed by atoms with Crippen LogP contribution in [0.1, 0.15) is 88.5 Å². The lowest BCUT2D eigenvalue weighted by Gasteiger charge is -2.43. The molecule has 0 aromatic heterocycles. The quantitative estimate of drug-likeness (QED) is 0.743. The fourth-order valence-electron chi connectivity index (χ4n) is 5.88. The SMILES string of the molecule is c1ccc([C@@H]2CCC3(CCCCC3)[C@H]2NC2CCCCC2)cc1. The first-order chi connectivity index (χ1) is 11.4. The van der Waals surface area contributed by atoms with Crippen LogP contribution in [0.4, 0.5) is 0 Å². The van der Waals surface area contributed by atoms with Gasteiger partial charge in [0.15, 0.2) is 0 Å². The van der Waals surface area contributed by atoms with Crippen LogP contribution < -0.4 is 5.32 Å². The van der Waals surface area contributed by atoms with E-state index in [9.17, 15) is 0 Å². The lowest BCUT2D eigenvalue weighted by Crippen LogP contribution is -2.50. The van der Waals surface area contributed by atoms with Gasteiger partial charge in [0.1, 0.15) is 0 Å². The van der Waals surface area contributed by atoms with Gasteiger partial charge in [-0.15, -0.1) is 0 Å². The van der Waals surface area contributed by atoms with Gasteiger partial charge in [-0.25, -0.2) is 0 Å². The minimum Gasteiger partial charge on any atom is -0.310 e. The van der Waals surface area contributed by atoms with Crippen LogP contribution in [0.25, 0.3) is 0 Å². The summed E-state index contributed by atoms with van der Waals surface area (Å²) in [5, 5.41) is 4.23. The number of rotatable bonds is 3. The Balaban J connectivity index is 1.58. The molecule has 1 heteroatoms. The number of nitrogens with one attached hydrogen (secondary N) is 1. The summed E-state index contributed by atoms with van der Waals surface area (Å²) in [6, 6.07) is 12.9. The number of hydrogen-bond donors (Lipinski definition) is 1. The Kier molecular flexibility index (Phi) is 4.76. The van der Waals surface area contributed by atoms with Crippen LogP contribution in [-0.4, -0.2) is 12.1 Å². The van der Waals surface area contributed by atoms with E-state index in [0.717, 1.165) is 18.0 Å². The molecule has 3 fully saturated rings. The first-order valence-electron chi connectivity index (χ1n) is 10.2. The van der Waals surface area contributed by atoms with Crippen molar-refractivity contribution in [1.82, 2.24) is 5.32 Å². The van der Waals surface area contributed by atoms with Crippen LogP contribution in [0, 0.1) is 5.41 Å². The van der Waals surface area contributed by atoms with Gasteiger partial charge in [-0.2, -0.15) is 0 Å². The molecule has 126 valence electrons. The Hall–Kier alpha value is -0.820. The normalized spacial score (nSPS) is 31.5. The van der Waals surface area contributed by atoms with Crippen molar-refractivity contribution in [3.8, 4) is 0 Å². The van der Waals surface area contributed by atoms with E-state index in [-0.39, 0.29) is 0 Å². The molecule has 3 saturated carbocycles. The molecule has 1 spiro atoms. The molecule has 3 aliphatic rings. The van der Waals surface area contributed by atoms with Crippen LogP contribution in [0.15, 0.2) is 30.3 Å². The summed E-state index contributed by atoms with van der Waals surface area (Å²) in [5.41, 5.74) is 2.19. The molecule has 0 amide bonds. The minimum atomic E-state index is 0.607. The second kappa shape index (κ2) is 6.97. The fraction of sp³-hybridized carbons (Fsp3) is 0.727. The second-order valence-electron chi connectivity index (χ2n) is 8.46. The van der Waals surface area contributed by atoms with Gasteiger partial charge < -0.3 is 5.32 Å². The van der Waals surface area contributed by atoms with Crippen molar-refractivity contribution in [2.45, 2.75) is 95.1 Å². The third-order valence-corrected chi connectivity index (χ3v) is 7.11. The highest BCUT2D eigenvalue weighted by molar-refractivity contribution is 5.25. The Bertz CT molecular complexity index is 482. The van der Waals surface area contributed by atoms with Gasteiger partial charge in [0.25, 0.3) is 0 Å². The average Bonchev–Trinajstić information content (AvgIpc) is 2.95. The van der Waals surface area contributed by atoms with E-state index in [1.54, 1.807) is 5.56 Å². The van der Waals surface area contributed by atoms with E-state index < -0.39 is 0 Å². The summed E-state index contributed by atoms with van der Waals surface area (Å²) in [6.07, 6.45) is 17.3. The molecule has 4 rings (SSSR count). The molecule has 0 aliphatic heterocycles. The molecular weight excluding hydrogens is 278 g/mol. The largest absolute Gasteiger partial charge is 0.310 e. The zero-order valence-electron chi connectivity index (χ0n) is 14.6. The zero-order valence-corrected chi connectivity index (χ0v) is 14.6. The molecule has 0 saturated heterocycles. The number of hydrogen-bond acceptors (Lipinski definition) is 1. The number of benzene rings is 1. The third-order valence-electron chi connectivity index (χ3n) is 7.11. The highest BCUT2D eigenvalue weighted by Gasteiger charge is 2.49. The molecular formula is C22H33N. The zero-order chi connectivity index (χ0) is 15.5. The van der Waals surface area contributed by atoms with Crippen LogP contribution in [0.3, 0.4) is 0 Å². The molecule has 3 aliphatic carbocycles. The molecule has 0 unspecified atom stereocenters. The van der Waals surface area contributed by atoms with Crippen molar-refractivity contribution in [3.63, 3.8) is 0 Å². The predicted molar refractivity (Wildman–Crippen MR) is 97.7 cm³/mol. The second-order valence-corrected chi connectivity index (χ2v) is 8.46. The lowest BCUT2D eigenvalue weighted by atomic mass is 9.68. The molecule has 2 atom stereocenters. The summed E-state index contributed by atoms with van der Waals surface area (Å²) in [4.78, 5) is 0. The minimum absolute atomic E-state index is 0.607. The predicted octanol–water partition coefficient (Wildman–Crippen LogP) is 5.81. The summed E-state index contributed by atoms with van der Waals surface area (Å²) >= 11 is 0. The van der Waals surface area contributed by atoms with Gasteiger partial charge in [-0.1, -0.05) is 68.9 Å². The molecule has 1 aromatic carbocycles. The first kappa shape index (κ1) is 15.7. The molecule has 1 nitrogen and oxygen atoms in total. The standard InChI is InChI=1S/C22H33N/c1-4-10-18(11-5-1)20-14-17-22(15-8-3-9-16-22)21(20)23-19-12-6-2-7-13-19/h1,4-5,10-11,19-21,23H,2-3,6-9,12-17H2/t20-,21-/m0/s1. The Labute approximate surface area is 142 Å². The summed E-state index contributed by atoms with van der Waals surface area (Å²) in [7, 11) is 0. The van der Waals surface area contributed by atoms with Crippen molar-refractivity contribution in [3.05, 3.63) is 35.9 Å². The van der Waals surface area contributed by atoms with Crippen molar-refractivity contribution in [2.75, 3.05) is 0 Å². The van der Waals surface area contributed by atoms with Crippen LogP contribution in [-0.2, 0) is 0 Å². The average molecular weight is 312 g/mol. The Morgan fingerprint density at radius 3 is 2.17 bits per heavy atom. The van der Waals surface area contributed by atoms with Crippen molar-refractivity contribution in [1.29, 1.82) is 0 Å². The maximum absolute atomic E-state index is 4.23. The first-order valence-corrected chi connectivity index (χ1v) is 10.2. The maximum Gasteiger partial charge on any atom is 0.0195 e. The molecule has 0 radical (unpaired) electrons. The van der Waals surface area contributed by atoms with E-state index in [1.807, 2.05) is 0 Å². The summed E-state index contributed by atoms with van der Waals surface area (Å²) in [5.74, 6) is 0.747. The summed E-state index contributed by atoms with van der Waals surface area (Å²) < 4.78 is 0. The van der Waals surface area contributed by atoms with Crippen LogP contribution >= 0.6 is 0 Å². The van der Waals surface area contributed by atoms with Gasteiger partial charge in [-0.05, 0) is 55.4 Å². The van der Waals surface area contributed by atoms with E-state index in [2.05, 4.69) is 35.6 Å². The van der Waals surface area contributed by atoms with Gasteiger partial charge in [0, 0.05) is 12.1 Å². The summed E-state index contributed by atoms with van der Waals surface area (Å²) in [6.45, 7) is 0. The monoisotopic (exact) mass is 311 g/mol. The topological polar surface area (TPSA) is 12.0 Å². The Morgan fingerprint density at radius 2 is 1.43 bits per heavy atom. The van der Waals surface area contributed by atoms with E-state index >= 15 is 0 Å². The molecule has 23 heavy (non-hydrogen) atoms. The lowest BCUT2D eigenvalue weighted by molar-refractivity contribution is 0.129. The van der Waals surface area contributed by atoms with Gasteiger partial charge in [0.05, 0.1) is 0 Å². The van der Waals surface area contributed by atoms with E-state index in [1.165, 1.54) is 77.0 Å². The van der Waals surface area contributed by atoms with Crippen LogP contribution in [0.2, 0.25) is 0 Å². The van der Waals surface area contributed by atoms with Crippen molar-refractivity contribution in [2.24, 2.45) is 5.41 Å². The molecule has 1 N–H and O–H groups in total. The molecule has 1 aromatic rings. The highest BCUT2D eigenvalue weighted by atomic mass is 15.0. The maximum atomic E-state index is 4.23. The van der Waals surface area contributed by atoms with E-state index in [0.29, 0.717) is 5.41 Å². The Morgan fingerprint density at radius 1 is 0.739 bits per heavy atom. The van der Waals surface area contributed by atoms with Gasteiger partial charge in [-0.3, -0.25) is 0 Å². The van der Waals surface area contributed by atoms with E-state index in [4.69, 9.17) is 0 Å². The fourth-order valence-corrected chi connectivity index (χ4v) is 5.88. The van der Waals surface area contributed by atoms with Crippen molar-refractivity contribution < 1.29 is 0 Å². The molecule has 0 bridgehead atoms. The van der Waals surface area contributed by atoms with Gasteiger partial charge in [0.2, 0.25) is 0 Å². The van der Waals surface area contributed by atoms with Crippen molar-refractivity contribution >= 4 is 0 Å². The smallest absolute Gasteiger partial charge is 0.0195 e.